The van der Waals surface area contributed by atoms with Crippen molar-refractivity contribution >= 4 is 28.1 Å². The Labute approximate surface area is 159 Å². The first kappa shape index (κ1) is 18.5. The zero-order valence-electron chi connectivity index (χ0n) is 15.0. The molecule has 3 rings (SSSR count). The number of aryl methyl sites for hydroxylation is 2. The zero-order chi connectivity index (χ0) is 19.6. The number of nitro benzene ring substituents is 1. The summed E-state index contributed by atoms with van der Waals surface area (Å²) in [6.07, 6.45) is 0. The third-order valence-corrected chi connectivity index (χ3v) is 4.92. The molecule has 0 aliphatic carbocycles. The summed E-state index contributed by atoms with van der Waals surface area (Å²) in [7, 11) is 1.40. The zero-order valence-corrected chi connectivity index (χ0v) is 15.8. The number of carbonyl (C=O) groups is 1. The van der Waals surface area contributed by atoms with Crippen molar-refractivity contribution in [3.05, 3.63) is 68.6 Å². The Morgan fingerprint density at radius 2 is 1.96 bits per heavy atom. The highest BCUT2D eigenvalue weighted by Gasteiger charge is 2.19. The molecule has 0 aliphatic heterocycles. The molecule has 0 unspecified atom stereocenters. The molecule has 0 fully saturated rings. The number of non-ortho nitro benzene ring substituents is 1. The second kappa shape index (κ2) is 7.55. The van der Waals surface area contributed by atoms with Gasteiger partial charge in [0.25, 0.3) is 11.6 Å². The van der Waals surface area contributed by atoms with Gasteiger partial charge in [0.15, 0.2) is 5.13 Å². The van der Waals surface area contributed by atoms with E-state index in [9.17, 15) is 14.9 Å². The molecule has 7 nitrogen and oxygen atoms in total. The molecule has 0 spiro atoms. The van der Waals surface area contributed by atoms with E-state index >= 15 is 0 Å². The van der Waals surface area contributed by atoms with E-state index in [1.54, 1.807) is 0 Å². The van der Waals surface area contributed by atoms with Gasteiger partial charge in [-0.15, -0.1) is 11.3 Å². The molecule has 8 heteroatoms. The minimum Gasteiger partial charge on any atom is -0.496 e. The van der Waals surface area contributed by atoms with Crippen molar-refractivity contribution in [3.8, 4) is 17.0 Å². The van der Waals surface area contributed by atoms with Gasteiger partial charge in [0.05, 0.1) is 23.3 Å². The van der Waals surface area contributed by atoms with Crippen molar-refractivity contribution in [1.82, 2.24) is 4.98 Å². The average molecular weight is 383 g/mol. The van der Waals surface area contributed by atoms with Crippen LogP contribution in [0.2, 0.25) is 0 Å². The molecule has 2 aromatic carbocycles. The first-order chi connectivity index (χ1) is 12.9. The van der Waals surface area contributed by atoms with E-state index in [1.165, 1.54) is 42.2 Å². The molecule has 0 saturated carbocycles. The Bertz CT molecular complexity index is 1030. The molecule has 0 aliphatic rings. The van der Waals surface area contributed by atoms with Gasteiger partial charge in [-0.3, -0.25) is 20.2 Å². The van der Waals surface area contributed by atoms with E-state index in [0.29, 0.717) is 5.13 Å². The Morgan fingerprint density at radius 1 is 1.19 bits per heavy atom. The maximum absolute atomic E-state index is 12.6. The molecule has 0 bridgehead atoms. The van der Waals surface area contributed by atoms with Crippen LogP contribution in [0.15, 0.2) is 41.8 Å². The Hall–Kier alpha value is -3.26. The summed E-state index contributed by atoms with van der Waals surface area (Å²) in [5.74, 6) is -0.263. The van der Waals surface area contributed by atoms with Crippen LogP contribution in [0.3, 0.4) is 0 Å². The standard InChI is InChI=1S/C19H17N3O4S/c1-11-4-5-13(8-12(11)2)16-10-27-19(20-16)21-18(23)15-9-14(22(24)25)6-7-17(15)26-3/h4-10H,1-3H3,(H,20,21,23). The van der Waals surface area contributed by atoms with Crippen LogP contribution in [0, 0.1) is 24.0 Å². The number of benzene rings is 2. The fourth-order valence-corrected chi connectivity index (χ4v) is 3.23. The lowest BCUT2D eigenvalue weighted by Gasteiger charge is -2.07. The van der Waals surface area contributed by atoms with E-state index < -0.39 is 10.8 Å². The maximum atomic E-state index is 12.6. The van der Waals surface area contributed by atoms with Gasteiger partial charge < -0.3 is 4.74 Å². The summed E-state index contributed by atoms with van der Waals surface area (Å²) < 4.78 is 5.14. The largest absolute Gasteiger partial charge is 0.496 e. The van der Waals surface area contributed by atoms with Crippen molar-refractivity contribution in [1.29, 1.82) is 0 Å². The van der Waals surface area contributed by atoms with Crippen LogP contribution >= 0.6 is 11.3 Å². The summed E-state index contributed by atoms with van der Waals surface area (Å²) in [6.45, 7) is 4.07. The highest BCUT2D eigenvalue weighted by Crippen LogP contribution is 2.28. The highest BCUT2D eigenvalue weighted by atomic mass is 32.1. The van der Waals surface area contributed by atoms with E-state index in [2.05, 4.69) is 10.3 Å². The van der Waals surface area contributed by atoms with Crippen molar-refractivity contribution in [3.63, 3.8) is 0 Å². The number of nitrogens with zero attached hydrogens (tertiary/aromatic N) is 2. The fraction of sp³-hybridized carbons (Fsp3) is 0.158. The molecule has 27 heavy (non-hydrogen) atoms. The number of anilines is 1. The molecule has 138 valence electrons. The molecule has 1 amide bonds. The molecule has 3 aromatic rings. The average Bonchev–Trinajstić information content (AvgIpc) is 3.11. The van der Waals surface area contributed by atoms with Crippen LogP contribution in [0.5, 0.6) is 5.75 Å². The second-order valence-corrected chi connectivity index (χ2v) is 6.79. The number of carbonyl (C=O) groups excluding carboxylic acids is 1. The molecule has 0 saturated heterocycles. The quantitative estimate of drug-likeness (QED) is 0.513. The van der Waals surface area contributed by atoms with Crippen LogP contribution in [0.1, 0.15) is 21.5 Å². The van der Waals surface area contributed by atoms with Gasteiger partial charge in [-0.1, -0.05) is 12.1 Å². The van der Waals surface area contributed by atoms with Gasteiger partial charge in [0, 0.05) is 23.1 Å². The summed E-state index contributed by atoms with van der Waals surface area (Å²) >= 11 is 1.28. The number of rotatable bonds is 5. The van der Waals surface area contributed by atoms with Gasteiger partial charge >= 0.3 is 0 Å². The molecule has 1 heterocycles. The number of aromatic nitrogens is 1. The van der Waals surface area contributed by atoms with E-state index in [-0.39, 0.29) is 17.0 Å². The van der Waals surface area contributed by atoms with Gasteiger partial charge in [-0.05, 0) is 37.1 Å². The third-order valence-electron chi connectivity index (χ3n) is 4.17. The lowest BCUT2D eigenvalue weighted by atomic mass is 10.1. The normalized spacial score (nSPS) is 10.5. The van der Waals surface area contributed by atoms with Crippen LogP contribution in [0.4, 0.5) is 10.8 Å². The lowest BCUT2D eigenvalue weighted by Crippen LogP contribution is -2.13. The van der Waals surface area contributed by atoms with E-state index in [0.717, 1.165) is 16.8 Å². The van der Waals surface area contributed by atoms with Gasteiger partial charge in [-0.2, -0.15) is 0 Å². The predicted molar refractivity (Wildman–Crippen MR) is 105 cm³/mol. The van der Waals surface area contributed by atoms with Gasteiger partial charge in [-0.25, -0.2) is 4.98 Å². The SMILES string of the molecule is COc1ccc([N+](=O)[O-])cc1C(=O)Nc1nc(-c2ccc(C)c(C)c2)cs1. The van der Waals surface area contributed by atoms with Crippen LogP contribution in [-0.4, -0.2) is 22.9 Å². The molecule has 1 aromatic heterocycles. The summed E-state index contributed by atoms with van der Waals surface area (Å²) in [5, 5.41) is 15.9. The summed E-state index contributed by atoms with van der Waals surface area (Å²) in [4.78, 5) is 27.4. The number of hydrogen-bond donors (Lipinski definition) is 1. The number of methoxy groups -OCH3 is 1. The lowest BCUT2D eigenvalue weighted by molar-refractivity contribution is -0.384. The van der Waals surface area contributed by atoms with E-state index in [4.69, 9.17) is 4.74 Å². The number of nitro groups is 1. The van der Waals surface area contributed by atoms with Crippen molar-refractivity contribution in [2.75, 3.05) is 12.4 Å². The van der Waals surface area contributed by atoms with Crippen molar-refractivity contribution in [2.45, 2.75) is 13.8 Å². The van der Waals surface area contributed by atoms with Gasteiger partial charge in [0.2, 0.25) is 0 Å². The number of nitrogens with one attached hydrogen (secondary N) is 1. The highest BCUT2D eigenvalue weighted by molar-refractivity contribution is 7.14. The predicted octanol–water partition coefficient (Wildman–Crippen LogP) is 4.60. The summed E-state index contributed by atoms with van der Waals surface area (Å²) in [6, 6.07) is 9.92. The smallest absolute Gasteiger partial charge is 0.270 e. The molecule has 0 atom stereocenters. The molecule has 1 N–H and O–H groups in total. The maximum Gasteiger partial charge on any atom is 0.270 e. The molecular formula is C19H17N3O4S. The van der Waals surface area contributed by atoms with Crippen LogP contribution in [-0.2, 0) is 0 Å². The summed E-state index contributed by atoms with van der Waals surface area (Å²) in [5.41, 5.74) is 3.96. The van der Waals surface area contributed by atoms with E-state index in [1.807, 2.05) is 37.4 Å². The van der Waals surface area contributed by atoms with Crippen LogP contribution < -0.4 is 10.1 Å². The first-order valence-electron chi connectivity index (χ1n) is 8.06. The fourth-order valence-electron chi connectivity index (χ4n) is 2.52. The first-order valence-corrected chi connectivity index (χ1v) is 8.94. The van der Waals surface area contributed by atoms with Crippen molar-refractivity contribution < 1.29 is 14.5 Å². The van der Waals surface area contributed by atoms with Gasteiger partial charge in [0.1, 0.15) is 5.75 Å². The Balaban J connectivity index is 1.85. The Morgan fingerprint density at radius 3 is 2.63 bits per heavy atom. The minimum atomic E-state index is -0.558. The number of ether oxygens (including phenoxy) is 1. The number of hydrogen-bond acceptors (Lipinski definition) is 6. The van der Waals surface area contributed by atoms with Crippen molar-refractivity contribution in [2.24, 2.45) is 0 Å². The number of amides is 1. The third kappa shape index (κ3) is 3.95. The number of thiazole rings is 1. The molecule has 0 radical (unpaired) electrons. The second-order valence-electron chi connectivity index (χ2n) is 5.93. The Kier molecular flexibility index (Phi) is 5.18. The molecular weight excluding hydrogens is 366 g/mol. The topological polar surface area (TPSA) is 94.4 Å². The minimum absolute atomic E-state index is 0.0784. The monoisotopic (exact) mass is 383 g/mol. The van der Waals surface area contributed by atoms with Crippen LogP contribution in [0.25, 0.3) is 11.3 Å².